The minimum atomic E-state index is 0.157. The number of nitrogens with zero attached hydrogens (tertiary/aromatic N) is 3. The van der Waals surface area contributed by atoms with E-state index in [1.54, 1.807) is 37.3 Å². The standard InChI is InChI=1S/C21H22ClN3O3S2/c1-27-14-3-5-15(6-4-14)29-13-18(26)24-9-11-25(12-10-24)21-23-19-17(28-2)8-7-16(22)20(19)30-21/h3-8H,9-13H2,1-2H3. The number of hydrogen-bond donors (Lipinski definition) is 0. The Bertz CT molecular complexity index is 1030. The summed E-state index contributed by atoms with van der Waals surface area (Å²) in [6, 6.07) is 11.4. The molecule has 1 aliphatic heterocycles. The molecule has 9 heteroatoms. The molecular weight excluding hydrogens is 442 g/mol. The number of halogens is 1. The van der Waals surface area contributed by atoms with E-state index in [0.29, 0.717) is 23.9 Å². The van der Waals surface area contributed by atoms with Gasteiger partial charge in [0.15, 0.2) is 5.13 Å². The number of piperazine rings is 1. The van der Waals surface area contributed by atoms with E-state index in [1.165, 1.54) is 0 Å². The third-order valence-electron chi connectivity index (χ3n) is 4.99. The van der Waals surface area contributed by atoms with Crippen LogP contribution in [0.25, 0.3) is 10.2 Å². The second kappa shape index (κ2) is 9.32. The van der Waals surface area contributed by atoms with Gasteiger partial charge in [-0.1, -0.05) is 22.9 Å². The van der Waals surface area contributed by atoms with Crippen LogP contribution in [0.5, 0.6) is 11.5 Å². The number of thiazole rings is 1. The SMILES string of the molecule is COc1ccc(SCC(=O)N2CCN(c3nc4c(OC)ccc(Cl)c4s3)CC2)cc1. The van der Waals surface area contributed by atoms with Crippen LogP contribution in [0.1, 0.15) is 0 Å². The van der Waals surface area contributed by atoms with E-state index >= 15 is 0 Å². The minimum absolute atomic E-state index is 0.157. The molecule has 1 saturated heterocycles. The fraction of sp³-hybridized carbons (Fsp3) is 0.333. The number of rotatable bonds is 6. The lowest BCUT2D eigenvalue weighted by Crippen LogP contribution is -2.49. The molecule has 158 valence electrons. The Morgan fingerprint density at radius 1 is 1.10 bits per heavy atom. The quantitative estimate of drug-likeness (QED) is 0.505. The third kappa shape index (κ3) is 4.45. The summed E-state index contributed by atoms with van der Waals surface area (Å²) in [6.07, 6.45) is 0. The Morgan fingerprint density at radius 3 is 2.50 bits per heavy atom. The van der Waals surface area contributed by atoms with Gasteiger partial charge in [-0.25, -0.2) is 4.98 Å². The molecule has 1 amide bonds. The van der Waals surface area contributed by atoms with Crippen LogP contribution in [0.3, 0.4) is 0 Å². The van der Waals surface area contributed by atoms with Gasteiger partial charge in [0.1, 0.15) is 17.0 Å². The highest BCUT2D eigenvalue weighted by atomic mass is 35.5. The number of amides is 1. The van der Waals surface area contributed by atoms with E-state index in [1.807, 2.05) is 41.3 Å². The normalized spacial score (nSPS) is 14.2. The van der Waals surface area contributed by atoms with Crippen molar-refractivity contribution in [2.45, 2.75) is 4.90 Å². The fourth-order valence-electron chi connectivity index (χ4n) is 3.30. The van der Waals surface area contributed by atoms with E-state index < -0.39 is 0 Å². The van der Waals surface area contributed by atoms with E-state index in [9.17, 15) is 4.79 Å². The first-order chi connectivity index (χ1) is 14.6. The number of aromatic nitrogens is 1. The van der Waals surface area contributed by atoms with Gasteiger partial charge in [-0.15, -0.1) is 11.8 Å². The Kier molecular flexibility index (Phi) is 6.55. The summed E-state index contributed by atoms with van der Waals surface area (Å²) >= 11 is 9.45. The van der Waals surface area contributed by atoms with Crippen LogP contribution >= 0.6 is 34.7 Å². The van der Waals surface area contributed by atoms with Crippen LogP contribution in [0.2, 0.25) is 5.02 Å². The van der Waals surface area contributed by atoms with E-state index in [0.717, 1.165) is 44.8 Å². The number of thioether (sulfide) groups is 1. The summed E-state index contributed by atoms with van der Waals surface area (Å²) in [5.74, 6) is 2.13. The Hall–Kier alpha value is -2.16. The highest BCUT2D eigenvalue weighted by Crippen LogP contribution is 2.38. The Labute approximate surface area is 188 Å². The van der Waals surface area contributed by atoms with Crippen molar-refractivity contribution in [2.24, 2.45) is 0 Å². The third-order valence-corrected chi connectivity index (χ3v) is 7.57. The molecule has 0 N–H and O–H groups in total. The number of hydrogen-bond acceptors (Lipinski definition) is 7. The molecular formula is C21H22ClN3O3S2. The van der Waals surface area contributed by atoms with Gasteiger partial charge in [0, 0.05) is 31.1 Å². The summed E-state index contributed by atoms with van der Waals surface area (Å²) in [5, 5.41) is 1.59. The molecule has 1 fully saturated rings. The smallest absolute Gasteiger partial charge is 0.233 e. The summed E-state index contributed by atoms with van der Waals surface area (Å²) in [7, 11) is 3.28. The zero-order valence-electron chi connectivity index (χ0n) is 16.8. The highest BCUT2D eigenvalue weighted by molar-refractivity contribution is 8.00. The van der Waals surface area contributed by atoms with Gasteiger partial charge in [-0.05, 0) is 36.4 Å². The lowest BCUT2D eigenvalue weighted by molar-refractivity contribution is -0.128. The van der Waals surface area contributed by atoms with E-state index in [-0.39, 0.29) is 5.91 Å². The summed E-state index contributed by atoms with van der Waals surface area (Å²) in [5.41, 5.74) is 0.791. The van der Waals surface area contributed by atoms with Crippen molar-refractivity contribution in [1.29, 1.82) is 0 Å². The van der Waals surface area contributed by atoms with Gasteiger partial charge in [-0.3, -0.25) is 4.79 Å². The maximum absolute atomic E-state index is 12.6. The molecule has 6 nitrogen and oxygen atoms in total. The first kappa shape index (κ1) is 21.1. The Morgan fingerprint density at radius 2 is 1.83 bits per heavy atom. The summed E-state index contributed by atoms with van der Waals surface area (Å²) in [6.45, 7) is 2.86. The van der Waals surface area contributed by atoms with Crippen molar-refractivity contribution in [2.75, 3.05) is 51.1 Å². The molecule has 2 aromatic carbocycles. The van der Waals surface area contributed by atoms with Crippen molar-refractivity contribution < 1.29 is 14.3 Å². The predicted octanol–water partition coefficient (Wildman–Crippen LogP) is 4.41. The number of methoxy groups -OCH3 is 2. The monoisotopic (exact) mass is 463 g/mol. The molecule has 1 aromatic heterocycles. The van der Waals surface area contributed by atoms with Gasteiger partial charge >= 0.3 is 0 Å². The number of carbonyl (C=O) groups is 1. The first-order valence-corrected chi connectivity index (χ1v) is 11.7. The molecule has 0 saturated carbocycles. The largest absolute Gasteiger partial charge is 0.497 e. The molecule has 1 aliphatic rings. The lowest BCUT2D eigenvalue weighted by atomic mass is 10.3. The average molecular weight is 464 g/mol. The van der Waals surface area contributed by atoms with Crippen molar-refractivity contribution in [3.05, 3.63) is 41.4 Å². The number of carbonyl (C=O) groups excluding carboxylic acids is 1. The molecule has 2 heterocycles. The number of benzene rings is 2. The van der Waals surface area contributed by atoms with Crippen molar-refractivity contribution >= 4 is 56.0 Å². The number of ether oxygens (including phenoxy) is 2. The fourth-order valence-corrected chi connectivity index (χ4v) is 5.41. The second-order valence-corrected chi connectivity index (χ2v) is 9.19. The second-order valence-electron chi connectivity index (χ2n) is 6.76. The molecule has 0 unspecified atom stereocenters. The molecule has 4 rings (SSSR count). The molecule has 0 spiro atoms. The number of fused-ring (bicyclic) bond motifs is 1. The zero-order chi connectivity index (χ0) is 21.1. The van der Waals surface area contributed by atoms with Gasteiger partial charge in [0.25, 0.3) is 0 Å². The van der Waals surface area contributed by atoms with Crippen LogP contribution in [0.15, 0.2) is 41.3 Å². The Balaban J connectivity index is 1.34. The van der Waals surface area contributed by atoms with Crippen molar-refractivity contribution in [3.8, 4) is 11.5 Å². The predicted molar refractivity (Wildman–Crippen MR) is 124 cm³/mol. The van der Waals surface area contributed by atoms with Gasteiger partial charge in [0.2, 0.25) is 5.91 Å². The van der Waals surface area contributed by atoms with Crippen molar-refractivity contribution in [3.63, 3.8) is 0 Å². The number of anilines is 1. The molecule has 30 heavy (non-hydrogen) atoms. The van der Waals surface area contributed by atoms with Crippen LogP contribution in [0, 0.1) is 0 Å². The van der Waals surface area contributed by atoms with Crippen molar-refractivity contribution in [1.82, 2.24) is 9.88 Å². The lowest BCUT2D eigenvalue weighted by Gasteiger charge is -2.34. The van der Waals surface area contributed by atoms with E-state index in [2.05, 4.69) is 4.90 Å². The van der Waals surface area contributed by atoms with E-state index in [4.69, 9.17) is 26.1 Å². The molecule has 0 aliphatic carbocycles. The van der Waals surface area contributed by atoms with Crippen LogP contribution in [0.4, 0.5) is 5.13 Å². The summed E-state index contributed by atoms with van der Waals surface area (Å²) in [4.78, 5) is 22.6. The summed E-state index contributed by atoms with van der Waals surface area (Å²) < 4.78 is 11.5. The molecule has 3 aromatic rings. The van der Waals surface area contributed by atoms with Gasteiger partial charge in [0.05, 0.1) is 29.7 Å². The van der Waals surface area contributed by atoms with Gasteiger partial charge in [-0.2, -0.15) is 0 Å². The van der Waals surface area contributed by atoms with Crippen LogP contribution in [-0.4, -0.2) is 61.9 Å². The van der Waals surface area contributed by atoms with Crippen LogP contribution in [-0.2, 0) is 4.79 Å². The molecule has 0 bridgehead atoms. The molecule has 0 atom stereocenters. The maximum Gasteiger partial charge on any atom is 0.233 e. The molecule has 0 radical (unpaired) electrons. The van der Waals surface area contributed by atoms with Crippen LogP contribution < -0.4 is 14.4 Å². The first-order valence-electron chi connectivity index (χ1n) is 9.51. The topological polar surface area (TPSA) is 54.9 Å². The minimum Gasteiger partial charge on any atom is -0.497 e. The zero-order valence-corrected chi connectivity index (χ0v) is 19.1. The van der Waals surface area contributed by atoms with Gasteiger partial charge < -0.3 is 19.3 Å². The highest BCUT2D eigenvalue weighted by Gasteiger charge is 2.24. The average Bonchev–Trinajstić information content (AvgIpc) is 3.25. The maximum atomic E-state index is 12.6.